The Labute approximate surface area is 229 Å². The first-order valence-corrected chi connectivity index (χ1v) is 13.9. The molecule has 3 amide bonds. The number of primary amides is 1. The molecule has 1 aliphatic rings. The van der Waals surface area contributed by atoms with E-state index in [2.05, 4.69) is 15.0 Å². The van der Waals surface area contributed by atoms with Gasteiger partial charge in [0.05, 0.1) is 5.69 Å². The molecular weight excluding hydrogens is 494 g/mol. The smallest absolute Gasteiger partial charge is 0.298 e. The fourth-order valence-corrected chi connectivity index (χ4v) is 5.06. The van der Waals surface area contributed by atoms with Crippen LogP contribution in [0.1, 0.15) is 80.1 Å². The van der Waals surface area contributed by atoms with Crippen LogP contribution < -0.4 is 5.73 Å². The number of benzene rings is 1. The van der Waals surface area contributed by atoms with Crippen LogP contribution in [0.25, 0.3) is 11.6 Å². The number of imide groups is 1. The second kappa shape index (κ2) is 13.8. The molecule has 2 aromatic heterocycles. The number of rotatable bonds is 12. The lowest BCUT2D eigenvalue weighted by molar-refractivity contribution is -0.129. The van der Waals surface area contributed by atoms with Gasteiger partial charge in [-0.15, -0.1) is 0 Å². The van der Waals surface area contributed by atoms with Crippen molar-refractivity contribution >= 4 is 17.7 Å². The summed E-state index contributed by atoms with van der Waals surface area (Å²) in [6.07, 6.45) is 11.4. The number of hydrogen-bond donors (Lipinski definition) is 1. The van der Waals surface area contributed by atoms with Crippen molar-refractivity contribution in [3.8, 4) is 11.6 Å². The van der Waals surface area contributed by atoms with Gasteiger partial charge in [0, 0.05) is 31.5 Å². The highest BCUT2D eigenvalue weighted by atomic mass is 16.4. The van der Waals surface area contributed by atoms with Gasteiger partial charge in [-0.2, -0.15) is 0 Å². The maximum absolute atomic E-state index is 13.9. The van der Waals surface area contributed by atoms with Crippen molar-refractivity contribution in [1.29, 1.82) is 0 Å². The fourth-order valence-electron chi connectivity index (χ4n) is 5.06. The number of aryl methyl sites for hydroxylation is 1. The van der Waals surface area contributed by atoms with Gasteiger partial charge in [0.2, 0.25) is 23.5 Å². The molecule has 0 radical (unpaired) electrons. The minimum absolute atomic E-state index is 0.0533. The van der Waals surface area contributed by atoms with E-state index in [0.29, 0.717) is 24.5 Å². The standard InChI is InChI=1S/C30H37N5O4/c1-21(28(31)37)19-25-27(39-29(34-25)24-16-17-32-20-33-24)30(38)35(18-8-13-22-9-4-2-5-10-22)26(36)15-14-23-11-6-3-7-12-23/h2,4-5,9-10,16-17,20-21,23H,3,6-8,11-15,18-19H2,1H3,(H2,31,37). The van der Waals surface area contributed by atoms with Crippen LogP contribution in [0.2, 0.25) is 0 Å². The molecular formula is C30H37N5O4. The molecule has 1 atom stereocenters. The number of hydrogen-bond acceptors (Lipinski definition) is 7. The highest BCUT2D eigenvalue weighted by Crippen LogP contribution is 2.28. The summed E-state index contributed by atoms with van der Waals surface area (Å²) in [7, 11) is 0. The molecule has 1 aliphatic carbocycles. The molecule has 206 valence electrons. The Morgan fingerprint density at radius 2 is 1.87 bits per heavy atom. The molecule has 1 aromatic carbocycles. The van der Waals surface area contributed by atoms with Gasteiger partial charge in [-0.1, -0.05) is 69.4 Å². The van der Waals surface area contributed by atoms with Gasteiger partial charge in [-0.25, -0.2) is 15.0 Å². The lowest BCUT2D eigenvalue weighted by Gasteiger charge is -2.24. The number of aromatic nitrogens is 3. The Bertz CT molecular complexity index is 1240. The third kappa shape index (κ3) is 7.81. The summed E-state index contributed by atoms with van der Waals surface area (Å²) >= 11 is 0. The molecule has 2 N–H and O–H groups in total. The van der Waals surface area contributed by atoms with E-state index in [1.165, 1.54) is 30.5 Å². The third-order valence-electron chi connectivity index (χ3n) is 7.41. The van der Waals surface area contributed by atoms with Crippen molar-refractivity contribution in [2.75, 3.05) is 6.54 Å². The normalized spacial score (nSPS) is 14.6. The molecule has 4 rings (SSSR count). The Kier molecular flexibility index (Phi) is 9.94. The molecule has 0 aliphatic heterocycles. The second-order valence-electron chi connectivity index (χ2n) is 10.4. The summed E-state index contributed by atoms with van der Waals surface area (Å²) in [5.74, 6) is -1.25. The predicted molar refractivity (Wildman–Crippen MR) is 146 cm³/mol. The van der Waals surface area contributed by atoms with Crippen molar-refractivity contribution in [1.82, 2.24) is 19.9 Å². The fraction of sp³-hybridized carbons (Fsp3) is 0.467. The number of carbonyl (C=O) groups excluding carboxylic acids is 3. The van der Waals surface area contributed by atoms with E-state index < -0.39 is 17.7 Å². The Morgan fingerprint density at radius 1 is 1.10 bits per heavy atom. The molecule has 39 heavy (non-hydrogen) atoms. The molecule has 1 fully saturated rings. The quantitative estimate of drug-likeness (QED) is 0.356. The first-order valence-electron chi connectivity index (χ1n) is 13.9. The van der Waals surface area contributed by atoms with E-state index in [4.69, 9.17) is 10.2 Å². The summed E-state index contributed by atoms with van der Waals surface area (Å²) in [6, 6.07) is 11.6. The number of oxazole rings is 1. The van der Waals surface area contributed by atoms with Crippen molar-refractivity contribution in [2.45, 2.75) is 71.1 Å². The second-order valence-corrected chi connectivity index (χ2v) is 10.4. The Morgan fingerprint density at radius 3 is 2.56 bits per heavy atom. The third-order valence-corrected chi connectivity index (χ3v) is 7.41. The Hall–Kier alpha value is -3.88. The lowest BCUT2D eigenvalue weighted by atomic mass is 9.86. The van der Waals surface area contributed by atoms with Gasteiger partial charge in [-0.05, 0) is 36.8 Å². The molecule has 9 heteroatoms. The number of amides is 3. The van der Waals surface area contributed by atoms with Crippen molar-refractivity contribution in [2.24, 2.45) is 17.6 Å². The molecule has 2 heterocycles. The summed E-state index contributed by atoms with van der Waals surface area (Å²) in [5.41, 5.74) is 7.32. The largest absolute Gasteiger partial charge is 0.429 e. The van der Waals surface area contributed by atoms with Gasteiger partial charge in [0.25, 0.3) is 5.91 Å². The average molecular weight is 532 g/mol. The van der Waals surface area contributed by atoms with E-state index in [-0.39, 0.29) is 36.2 Å². The van der Waals surface area contributed by atoms with E-state index >= 15 is 0 Å². The monoisotopic (exact) mass is 531 g/mol. The van der Waals surface area contributed by atoms with E-state index in [0.717, 1.165) is 31.2 Å². The average Bonchev–Trinajstić information content (AvgIpc) is 3.39. The number of nitrogens with zero attached hydrogens (tertiary/aromatic N) is 4. The zero-order valence-corrected chi connectivity index (χ0v) is 22.6. The summed E-state index contributed by atoms with van der Waals surface area (Å²) in [6.45, 7) is 1.92. The topological polar surface area (TPSA) is 132 Å². The van der Waals surface area contributed by atoms with Crippen LogP contribution in [0, 0.1) is 11.8 Å². The van der Waals surface area contributed by atoms with Gasteiger partial charge in [-0.3, -0.25) is 19.3 Å². The van der Waals surface area contributed by atoms with Crippen LogP contribution in [0.4, 0.5) is 0 Å². The number of carbonyl (C=O) groups is 3. The SMILES string of the molecule is CC(Cc1nc(-c2ccncn2)oc1C(=O)N(CCCc1ccccc1)C(=O)CCC1CCCCC1)C(N)=O. The molecule has 9 nitrogen and oxygen atoms in total. The van der Waals surface area contributed by atoms with Crippen molar-refractivity contribution in [3.63, 3.8) is 0 Å². The van der Waals surface area contributed by atoms with Gasteiger partial charge in [0.15, 0.2) is 0 Å². The molecule has 0 saturated heterocycles. The summed E-state index contributed by atoms with van der Waals surface area (Å²) in [4.78, 5) is 53.1. The molecule has 1 unspecified atom stereocenters. The lowest BCUT2D eigenvalue weighted by Crippen LogP contribution is -2.38. The highest BCUT2D eigenvalue weighted by Gasteiger charge is 2.31. The van der Waals surface area contributed by atoms with E-state index in [9.17, 15) is 14.4 Å². The van der Waals surface area contributed by atoms with Gasteiger partial charge < -0.3 is 10.2 Å². The minimum Gasteiger partial charge on any atom is -0.429 e. The van der Waals surface area contributed by atoms with E-state index in [1.54, 1.807) is 19.2 Å². The maximum atomic E-state index is 13.9. The predicted octanol–water partition coefficient (Wildman–Crippen LogP) is 4.76. The molecule has 0 spiro atoms. The summed E-state index contributed by atoms with van der Waals surface area (Å²) in [5, 5.41) is 0. The summed E-state index contributed by atoms with van der Waals surface area (Å²) < 4.78 is 5.94. The maximum Gasteiger partial charge on any atom is 0.298 e. The van der Waals surface area contributed by atoms with E-state index in [1.807, 2.05) is 30.3 Å². The van der Waals surface area contributed by atoms with Crippen LogP contribution in [0.5, 0.6) is 0 Å². The first kappa shape index (κ1) is 28.1. The number of nitrogens with two attached hydrogens (primary N) is 1. The van der Waals surface area contributed by atoms with Crippen molar-refractivity contribution < 1.29 is 18.8 Å². The zero-order valence-electron chi connectivity index (χ0n) is 22.6. The van der Waals surface area contributed by atoms with Crippen LogP contribution in [0.15, 0.2) is 53.3 Å². The van der Waals surface area contributed by atoms with Crippen LogP contribution in [0.3, 0.4) is 0 Å². The minimum atomic E-state index is -0.576. The Balaban J connectivity index is 1.58. The van der Waals surface area contributed by atoms with Gasteiger partial charge >= 0.3 is 0 Å². The molecule has 1 saturated carbocycles. The van der Waals surface area contributed by atoms with Crippen molar-refractivity contribution in [3.05, 3.63) is 65.9 Å². The highest BCUT2D eigenvalue weighted by molar-refractivity contribution is 6.04. The van der Waals surface area contributed by atoms with Crippen LogP contribution in [-0.4, -0.2) is 44.1 Å². The molecule has 3 aromatic rings. The zero-order chi connectivity index (χ0) is 27.6. The van der Waals surface area contributed by atoms with Gasteiger partial charge in [0.1, 0.15) is 12.0 Å². The molecule has 0 bridgehead atoms. The van der Waals surface area contributed by atoms with Crippen LogP contribution >= 0.6 is 0 Å². The van der Waals surface area contributed by atoms with Crippen LogP contribution in [-0.2, 0) is 22.4 Å². The first-order chi connectivity index (χ1) is 18.9.